The Morgan fingerprint density at radius 3 is 2.89 bits per heavy atom. The van der Waals surface area contributed by atoms with Gasteiger partial charge in [0.05, 0.1) is 11.8 Å². The molecular formula is C20H21FN4O2. The lowest BCUT2D eigenvalue weighted by Gasteiger charge is -2.11. The number of carbonyl (C=O) groups is 1. The van der Waals surface area contributed by atoms with E-state index in [1.165, 1.54) is 12.1 Å². The van der Waals surface area contributed by atoms with E-state index in [-0.39, 0.29) is 24.4 Å². The van der Waals surface area contributed by atoms with Crippen LogP contribution in [0, 0.1) is 12.7 Å². The van der Waals surface area contributed by atoms with Crippen LogP contribution in [0.5, 0.6) is 0 Å². The summed E-state index contributed by atoms with van der Waals surface area (Å²) in [5.41, 5.74) is 3.23. The van der Waals surface area contributed by atoms with Crippen molar-refractivity contribution in [1.29, 1.82) is 0 Å². The summed E-state index contributed by atoms with van der Waals surface area (Å²) in [5, 5.41) is 8.28. The smallest absolute Gasteiger partial charge is 0.241 e. The maximum absolute atomic E-state index is 13.2. The number of ether oxygens (including phenoxy) is 1. The van der Waals surface area contributed by atoms with E-state index >= 15 is 0 Å². The molecular weight excluding hydrogens is 347 g/mol. The Labute approximate surface area is 156 Å². The Morgan fingerprint density at radius 1 is 1.33 bits per heavy atom. The van der Waals surface area contributed by atoms with Gasteiger partial charge in [-0.15, -0.1) is 0 Å². The number of fused-ring (bicyclic) bond motifs is 1. The molecule has 2 aromatic heterocycles. The lowest BCUT2D eigenvalue weighted by atomic mass is 10.0. The zero-order valence-corrected chi connectivity index (χ0v) is 15.1. The number of aromatic nitrogens is 3. The van der Waals surface area contributed by atoms with Crippen LogP contribution in [0.4, 0.5) is 4.39 Å². The van der Waals surface area contributed by atoms with Gasteiger partial charge in [0.2, 0.25) is 5.91 Å². The van der Waals surface area contributed by atoms with Crippen molar-refractivity contribution in [3.8, 4) is 11.1 Å². The van der Waals surface area contributed by atoms with E-state index in [4.69, 9.17) is 4.74 Å². The zero-order valence-electron chi connectivity index (χ0n) is 15.1. The number of amides is 1. The van der Waals surface area contributed by atoms with Gasteiger partial charge in [-0.2, -0.15) is 5.10 Å². The molecule has 6 nitrogen and oxygen atoms in total. The number of nitrogens with zero attached hydrogens (tertiary/aromatic N) is 3. The first-order chi connectivity index (χ1) is 13.1. The topological polar surface area (TPSA) is 69.0 Å². The number of carbonyl (C=O) groups excluding carboxylic acids is 1. The van der Waals surface area contributed by atoms with Gasteiger partial charge in [-0.05, 0) is 49.1 Å². The number of halogens is 1. The van der Waals surface area contributed by atoms with E-state index in [2.05, 4.69) is 15.4 Å². The molecule has 1 unspecified atom stereocenters. The third-order valence-electron chi connectivity index (χ3n) is 4.81. The fourth-order valence-corrected chi connectivity index (χ4v) is 3.49. The number of rotatable bonds is 5. The number of hydrogen-bond donors (Lipinski definition) is 1. The van der Waals surface area contributed by atoms with Crippen molar-refractivity contribution in [2.24, 2.45) is 0 Å². The van der Waals surface area contributed by atoms with E-state index in [0.29, 0.717) is 12.2 Å². The van der Waals surface area contributed by atoms with Crippen LogP contribution < -0.4 is 5.32 Å². The quantitative estimate of drug-likeness (QED) is 0.752. The largest absolute Gasteiger partial charge is 0.376 e. The van der Waals surface area contributed by atoms with Crippen LogP contribution in [0.3, 0.4) is 0 Å². The van der Waals surface area contributed by atoms with Crippen LogP contribution in [-0.4, -0.2) is 39.9 Å². The van der Waals surface area contributed by atoms with E-state index < -0.39 is 0 Å². The predicted molar refractivity (Wildman–Crippen MR) is 99.6 cm³/mol. The van der Waals surface area contributed by atoms with Gasteiger partial charge in [0.1, 0.15) is 12.4 Å². The summed E-state index contributed by atoms with van der Waals surface area (Å²) in [4.78, 5) is 16.7. The van der Waals surface area contributed by atoms with Gasteiger partial charge in [-0.25, -0.2) is 14.1 Å². The van der Waals surface area contributed by atoms with Gasteiger partial charge < -0.3 is 10.1 Å². The first kappa shape index (κ1) is 17.6. The Bertz CT molecular complexity index is 962. The second-order valence-electron chi connectivity index (χ2n) is 6.75. The van der Waals surface area contributed by atoms with Gasteiger partial charge >= 0.3 is 0 Å². The molecule has 0 radical (unpaired) electrons. The summed E-state index contributed by atoms with van der Waals surface area (Å²) >= 11 is 0. The van der Waals surface area contributed by atoms with Crippen molar-refractivity contribution in [3.05, 3.63) is 48.0 Å². The molecule has 140 valence electrons. The van der Waals surface area contributed by atoms with Gasteiger partial charge in [0.25, 0.3) is 0 Å². The Balaban J connectivity index is 1.58. The van der Waals surface area contributed by atoms with Crippen LogP contribution in [0.2, 0.25) is 0 Å². The van der Waals surface area contributed by atoms with Crippen LogP contribution in [0.1, 0.15) is 18.5 Å². The van der Waals surface area contributed by atoms with Gasteiger partial charge in [0.15, 0.2) is 5.65 Å². The van der Waals surface area contributed by atoms with Gasteiger partial charge in [0, 0.05) is 24.7 Å². The number of benzene rings is 1. The molecule has 27 heavy (non-hydrogen) atoms. The molecule has 3 aromatic rings. The van der Waals surface area contributed by atoms with Gasteiger partial charge in [-0.3, -0.25) is 4.79 Å². The highest BCUT2D eigenvalue weighted by molar-refractivity contribution is 5.95. The summed E-state index contributed by atoms with van der Waals surface area (Å²) in [7, 11) is 0. The minimum atomic E-state index is -0.278. The minimum Gasteiger partial charge on any atom is -0.376 e. The van der Waals surface area contributed by atoms with E-state index in [1.807, 2.05) is 13.0 Å². The van der Waals surface area contributed by atoms with Gasteiger partial charge in [-0.1, -0.05) is 12.1 Å². The van der Waals surface area contributed by atoms with Crippen LogP contribution in [-0.2, 0) is 16.1 Å². The third kappa shape index (κ3) is 3.68. The molecule has 1 amide bonds. The predicted octanol–water partition coefficient (Wildman–Crippen LogP) is 2.84. The molecule has 0 bridgehead atoms. The Kier molecular flexibility index (Phi) is 4.85. The monoisotopic (exact) mass is 368 g/mol. The average molecular weight is 368 g/mol. The molecule has 0 spiro atoms. The van der Waals surface area contributed by atoms with E-state index in [0.717, 1.165) is 41.7 Å². The summed E-state index contributed by atoms with van der Waals surface area (Å²) < 4.78 is 20.4. The van der Waals surface area contributed by atoms with Crippen molar-refractivity contribution in [3.63, 3.8) is 0 Å². The molecule has 1 saturated heterocycles. The fourth-order valence-electron chi connectivity index (χ4n) is 3.49. The standard InChI is InChI=1S/C20H21FN4O2/c1-13-19-17(14-4-6-15(21)7-5-14)8-9-22-20(19)25(24-13)12-18(26)23-11-16-3-2-10-27-16/h4-9,16H,2-3,10-12H2,1H3,(H,23,26). The van der Waals surface area contributed by atoms with Crippen molar-refractivity contribution >= 4 is 16.9 Å². The molecule has 1 aromatic carbocycles. The van der Waals surface area contributed by atoms with Crippen molar-refractivity contribution in [2.45, 2.75) is 32.4 Å². The second-order valence-corrected chi connectivity index (χ2v) is 6.75. The molecule has 0 aliphatic carbocycles. The molecule has 1 atom stereocenters. The van der Waals surface area contributed by atoms with Crippen molar-refractivity contribution < 1.29 is 13.9 Å². The second kappa shape index (κ2) is 7.44. The molecule has 0 saturated carbocycles. The van der Waals surface area contributed by atoms with E-state index in [1.54, 1.807) is 23.0 Å². The number of nitrogens with one attached hydrogen (secondary N) is 1. The Morgan fingerprint density at radius 2 is 2.15 bits per heavy atom. The first-order valence-corrected chi connectivity index (χ1v) is 9.08. The van der Waals surface area contributed by atoms with Crippen LogP contribution >= 0.6 is 0 Å². The molecule has 4 rings (SSSR count). The number of aryl methyl sites for hydroxylation is 1. The molecule has 3 heterocycles. The lowest BCUT2D eigenvalue weighted by Crippen LogP contribution is -2.34. The first-order valence-electron chi connectivity index (χ1n) is 9.08. The molecule has 1 fully saturated rings. The van der Waals surface area contributed by atoms with Crippen LogP contribution in [0.25, 0.3) is 22.2 Å². The summed E-state index contributed by atoms with van der Waals surface area (Å²) in [5.74, 6) is -0.400. The number of hydrogen-bond acceptors (Lipinski definition) is 4. The SMILES string of the molecule is Cc1nn(CC(=O)NCC2CCCO2)c2nccc(-c3ccc(F)cc3)c12. The maximum Gasteiger partial charge on any atom is 0.241 e. The fraction of sp³-hybridized carbons (Fsp3) is 0.350. The van der Waals surface area contributed by atoms with Crippen molar-refractivity contribution in [2.75, 3.05) is 13.2 Å². The summed E-state index contributed by atoms with van der Waals surface area (Å²) in [6, 6.07) is 8.20. The zero-order chi connectivity index (χ0) is 18.8. The molecule has 7 heteroatoms. The number of pyridine rings is 1. The Hall–Kier alpha value is -2.80. The molecule has 1 aliphatic rings. The van der Waals surface area contributed by atoms with Crippen molar-refractivity contribution in [1.82, 2.24) is 20.1 Å². The van der Waals surface area contributed by atoms with E-state index in [9.17, 15) is 9.18 Å². The molecule has 1 N–H and O–H groups in total. The highest BCUT2D eigenvalue weighted by Crippen LogP contribution is 2.29. The maximum atomic E-state index is 13.2. The van der Waals surface area contributed by atoms with Crippen LogP contribution in [0.15, 0.2) is 36.5 Å². The normalized spacial score (nSPS) is 16.7. The summed E-state index contributed by atoms with van der Waals surface area (Å²) in [6.45, 7) is 3.26. The highest BCUT2D eigenvalue weighted by atomic mass is 19.1. The average Bonchev–Trinajstić information content (AvgIpc) is 3.29. The lowest BCUT2D eigenvalue weighted by molar-refractivity contribution is -0.122. The minimum absolute atomic E-state index is 0.0942. The summed E-state index contributed by atoms with van der Waals surface area (Å²) in [6.07, 6.45) is 3.81. The third-order valence-corrected chi connectivity index (χ3v) is 4.81. The highest BCUT2D eigenvalue weighted by Gasteiger charge is 2.18. The molecule has 1 aliphatic heterocycles.